The third-order valence-electron chi connectivity index (χ3n) is 6.66. The summed E-state index contributed by atoms with van der Waals surface area (Å²) < 4.78 is 0. The van der Waals surface area contributed by atoms with Crippen LogP contribution in [0.3, 0.4) is 0 Å². The van der Waals surface area contributed by atoms with E-state index in [0.717, 1.165) is 44.1 Å². The summed E-state index contributed by atoms with van der Waals surface area (Å²) in [6.07, 6.45) is 5.43. The Morgan fingerprint density at radius 3 is 2.12 bits per heavy atom. The van der Waals surface area contributed by atoms with E-state index >= 15 is 0 Å². The van der Waals surface area contributed by atoms with E-state index in [4.69, 9.17) is 0 Å². The molecule has 0 bridgehead atoms. The molecule has 1 aliphatic rings. The number of amides is 1. The molecule has 34 heavy (non-hydrogen) atoms. The molecule has 0 atom stereocenters. The van der Waals surface area contributed by atoms with Gasteiger partial charge in [0.05, 0.1) is 0 Å². The van der Waals surface area contributed by atoms with Gasteiger partial charge < -0.3 is 0 Å². The van der Waals surface area contributed by atoms with E-state index in [0.29, 0.717) is 5.56 Å². The number of aryl methyl sites for hydroxylation is 1. The monoisotopic (exact) mass is 453 g/mol. The quantitative estimate of drug-likeness (QED) is 0.325. The largest absolute Gasteiger partial charge is 0.299 e. The van der Waals surface area contributed by atoms with E-state index in [9.17, 15) is 4.79 Å². The van der Waals surface area contributed by atoms with Gasteiger partial charge in [-0.15, -0.1) is 0 Å². The number of nitrogens with one attached hydrogen (secondary N) is 1. The number of hydrazone groups is 1. The number of nitrogens with zero attached hydrogens (tertiary/aromatic N) is 2. The van der Waals surface area contributed by atoms with Crippen LogP contribution in [0.25, 0.3) is 0 Å². The van der Waals surface area contributed by atoms with Crippen LogP contribution in [0.5, 0.6) is 0 Å². The van der Waals surface area contributed by atoms with Crippen molar-refractivity contribution in [2.75, 3.05) is 13.1 Å². The fourth-order valence-corrected chi connectivity index (χ4v) is 4.55. The van der Waals surface area contributed by atoms with Gasteiger partial charge in [-0.2, -0.15) is 5.10 Å². The molecule has 1 fully saturated rings. The number of hydrogen-bond acceptors (Lipinski definition) is 3. The third-order valence-corrected chi connectivity index (χ3v) is 6.66. The zero-order chi connectivity index (χ0) is 23.6. The van der Waals surface area contributed by atoms with Gasteiger partial charge in [0.1, 0.15) is 0 Å². The lowest BCUT2D eigenvalue weighted by Crippen LogP contribution is -2.33. The lowest BCUT2D eigenvalue weighted by atomic mass is 9.90. The molecule has 3 aromatic carbocycles. The molecular weight excluding hydrogens is 418 g/mol. The highest BCUT2D eigenvalue weighted by molar-refractivity contribution is 5.95. The average Bonchev–Trinajstić information content (AvgIpc) is 2.89. The molecule has 0 aromatic heterocycles. The maximum atomic E-state index is 12.5. The lowest BCUT2D eigenvalue weighted by molar-refractivity contribution is 0.0954. The summed E-state index contributed by atoms with van der Waals surface area (Å²) in [5.41, 5.74) is 8.24. The van der Waals surface area contributed by atoms with E-state index in [1.807, 2.05) is 37.3 Å². The molecule has 0 aliphatic carbocycles. The molecule has 0 saturated carbocycles. The molecule has 3 aromatic rings. The molecule has 176 valence electrons. The van der Waals surface area contributed by atoms with Crippen LogP contribution in [0.2, 0.25) is 0 Å². The standard InChI is InChI=1S/C30H35N3O/c1-24(12-13-25-8-4-2-5-9-25)31-32-30(34)29-16-14-28(15-17-29)23-33-20-18-27(19-21-33)22-26-10-6-3-7-11-26/h2-11,14-17,27H,12-13,18-23H2,1H3,(H,32,34). The molecule has 1 N–H and O–H groups in total. The third kappa shape index (κ3) is 7.39. The molecule has 1 heterocycles. The van der Waals surface area contributed by atoms with Crippen LogP contribution in [-0.4, -0.2) is 29.6 Å². The zero-order valence-corrected chi connectivity index (χ0v) is 20.1. The Bertz CT molecular complexity index is 1050. The maximum absolute atomic E-state index is 12.5. The van der Waals surface area contributed by atoms with E-state index in [1.165, 1.54) is 36.0 Å². The Kier molecular flexibility index (Phi) is 8.64. The summed E-state index contributed by atoms with van der Waals surface area (Å²) in [5, 5.41) is 4.28. The van der Waals surface area contributed by atoms with Crippen LogP contribution < -0.4 is 5.43 Å². The minimum atomic E-state index is -0.160. The fraction of sp³-hybridized carbons (Fsp3) is 0.333. The van der Waals surface area contributed by atoms with Crippen LogP contribution in [0.15, 0.2) is 90.0 Å². The molecule has 4 heteroatoms. The summed E-state index contributed by atoms with van der Waals surface area (Å²) >= 11 is 0. The Morgan fingerprint density at radius 1 is 0.853 bits per heavy atom. The Hall–Kier alpha value is -3.24. The van der Waals surface area contributed by atoms with Gasteiger partial charge in [-0.05, 0) is 86.9 Å². The van der Waals surface area contributed by atoms with Crippen molar-refractivity contribution in [1.82, 2.24) is 10.3 Å². The summed E-state index contributed by atoms with van der Waals surface area (Å²) in [6, 6.07) is 29.1. The second-order valence-electron chi connectivity index (χ2n) is 9.38. The van der Waals surface area contributed by atoms with Gasteiger partial charge in [0.25, 0.3) is 5.91 Å². The van der Waals surface area contributed by atoms with Gasteiger partial charge in [-0.3, -0.25) is 9.69 Å². The topological polar surface area (TPSA) is 44.7 Å². The number of rotatable bonds is 9. The molecule has 1 amide bonds. The predicted octanol–water partition coefficient (Wildman–Crippen LogP) is 5.88. The molecule has 1 aliphatic heterocycles. The van der Waals surface area contributed by atoms with Crippen molar-refractivity contribution < 1.29 is 4.79 Å². The minimum absolute atomic E-state index is 0.160. The van der Waals surface area contributed by atoms with Crippen molar-refractivity contribution in [2.45, 2.75) is 45.6 Å². The van der Waals surface area contributed by atoms with E-state index < -0.39 is 0 Å². The zero-order valence-electron chi connectivity index (χ0n) is 20.1. The van der Waals surface area contributed by atoms with Crippen LogP contribution in [-0.2, 0) is 19.4 Å². The van der Waals surface area contributed by atoms with Crippen molar-refractivity contribution in [2.24, 2.45) is 11.0 Å². The SMILES string of the molecule is CC(CCc1ccccc1)=NNC(=O)c1ccc(CN2CCC(Cc3ccccc3)CC2)cc1. The molecule has 0 unspecified atom stereocenters. The second kappa shape index (κ2) is 12.3. The summed E-state index contributed by atoms with van der Waals surface area (Å²) in [4.78, 5) is 15.0. The van der Waals surface area contributed by atoms with Crippen LogP contribution in [0, 0.1) is 5.92 Å². The number of hydrogen-bond donors (Lipinski definition) is 1. The molecule has 4 nitrogen and oxygen atoms in total. The first-order valence-electron chi connectivity index (χ1n) is 12.4. The van der Waals surface area contributed by atoms with E-state index in [1.54, 1.807) is 0 Å². The van der Waals surface area contributed by atoms with Crippen molar-refractivity contribution in [3.63, 3.8) is 0 Å². The van der Waals surface area contributed by atoms with Gasteiger partial charge in [0.15, 0.2) is 0 Å². The van der Waals surface area contributed by atoms with Crippen molar-refractivity contribution >= 4 is 11.6 Å². The Morgan fingerprint density at radius 2 is 1.47 bits per heavy atom. The smallest absolute Gasteiger partial charge is 0.271 e. The summed E-state index contributed by atoms with van der Waals surface area (Å²) in [6.45, 7) is 5.17. The van der Waals surface area contributed by atoms with Crippen LogP contribution in [0.4, 0.5) is 0 Å². The van der Waals surface area contributed by atoms with Crippen LogP contribution >= 0.6 is 0 Å². The first-order chi connectivity index (χ1) is 16.7. The van der Waals surface area contributed by atoms with Gasteiger partial charge in [-0.1, -0.05) is 72.8 Å². The summed E-state index contributed by atoms with van der Waals surface area (Å²) in [7, 11) is 0. The first kappa shape index (κ1) is 23.9. The fourth-order valence-electron chi connectivity index (χ4n) is 4.55. The van der Waals surface area contributed by atoms with E-state index in [-0.39, 0.29) is 5.91 Å². The van der Waals surface area contributed by atoms with Gasteiger partial charge in [-0.25, -0.2) is 5.43 Å². The molecular formula is C30H35N3O. The highest BCUT2D eigenvalue weighted by Gasteiger charge is 2.19. The molecule has 1 saturated heterocycles. The van der Waals surface area contributed by atoms with Crippen molar-refractivity contribution in [1.29, 1.82) is 0 Å². The normalized spacial score (nSPS) is 15.3. The average molecular weight is 454 g/mol. The maximum Gasteiger partial charge on any atom is 0.271 e. The number of piperidine rings is 1. The Labute approximate surface area is 203 Å². The van der Waals surface area contributed by atoms with Gasteiger partial charge >= 0.3 is 0 Å². The number of carbonyl (C=O) groups is 1. The predicted molar refractivity (Wildman–Crippen MR) is 140 cm³/mol. The number of carbonyl (C=O) groups excluding carboxylic acids is 1. The lowest BCUT2D eigenvalue weighted by Gasteiger charge is -2.32. The highest BCUT2D eigenvalue weighted by atomic mass is 16.2. The minimum Gasteiger partial charge on any atom is -0.299 e. The van der Waals surface area contributed by atoms with E-state index in [2.05, 4.69) is 70.0 Å². The molecule has 4 rings (SSSR count). The molecule has 0 radical (unpaired) electrons. The number of likely N-dealkylation sites (tertiary alicyclic amines) is 1. The second-order valence-corrected chi connectivity index (χ2v) is 9.38. The molecule has 0 spiro atoms. The van der Waals surface area contributed by atoms with Crippen molar-refractivity contribution in [3.05, 3.63) is 107 Å². The first-order valence-corrected chi connectivity index (χ1v) is 12.4. The van der Waals surface area contributed by atoms with Crippen molar-refractivity contribution in [3.8, 4) is 0 Å². The Balaban J connectivity index is 1.19. The summed E-state index contributed by atoms with van der Waals surface area (Å²) in [5.74, 6) is 0.619. The number of benzene rings is 3. The van der Waals surface area contributed by atoms with Gasteiger partial charge in [0.2, 0.25) is 0 Å². The highest BCUT2D eigenvalue weighted by Crippen LogP contribution is 2.23. The van der Waals surface area contributed by atoms with Gasteiger partial charge in [0, 0.05) is 17.8 Å². The van der Waals surface area contributed by atoms with Crippen LogP contribution in [0.1, 0.15) is 53.2 Å².